The average Bonchev–Trinajstić information content (AvgIpc) is 2.29. The van der Waals surface area contributed by atoms with Crippen molar-refractivity contribution >= 4 is 11.9 Å². The lowest BCUT2D eigenvalue weighted by molar-refractivity contribution is -0.182. The third kappa shape index (κ3) is 3.36. The summed E-state index contributed by atoms with van der Waals surface area (Å²) in [5.41, 5.74) is 0.725. The molecule has 0 spiro atoms. The first kappa shape index (κ1) is 12.2. The van der Waals surface area contributed by atoms with Crippen LogP contribution in [0, 0.1) is 0 Å². The highest BCUT2D eigenvalue weighted by Gasteiger charge is 2.21. The van der Waals surface area contributed by atoms with Crippen LogP contribution in [-0.2, 0) is 20.9 Å². The zero-order valence-electron chi connectivity index (χ0n) is 8.92. The van der Waals surface area contributed by atoms with Crippen LogP contribution in [0.4, 0.5) is 0 Å². The molecule has 1 amide bonds. The highest BCUT2D eigenvalue weighted by atomic mass is 16.6. The number of ether oxygens (including phenoxy) is 1. The molecule has 16 heavy (non-hydrogen) atoms. The molecule has 0 unspecified atom stereocenters. The molecule has 1 aromatic carbocycles. The van der Waals surface area contributed by atoms with Crippen LogP contribution in [0.15, 0.2) is 30.3 Å². The van der Waals surface area contributed by atoms with Gasteiger partial charge in [-0.2, -0.15) is 0 Å². The van der Waals surface area contributed by atoms with E-state index in [1.807, 2.05) is 6.07 Å². The molecule has 1 N–H and O–H groups in total. The van der Waals surface area contributed by atoms with Gasteiger partial charge in [-0.3, -0.25) is 10.0 Å². The Morgan fingerprint density at radius 2 is 1.94 bits per heavy atom. The summed E-state index contributed by atoms with van der Waals surface area (Å²) in [6, 6.07) is 8.84. The van der Waals surface area contributed by atoms with E-state index in [1.54, 1.807) is 31.2 Å². The number of carbonyl (C=O) groups excluding carboxylic acids is 2. The number of rotatable bonds is 3. The minimum atomic E-state index is -1.06. The number of amides is 1. The van der Waals surface area contributed by atoms with E-state index in [9.17, 15) is 14.8 Å². The number of esters is 1. The Kier molecular flexibility index (Phi) is 4.47. The third-order valence-electron chi connectivity index (χ3n) is 1.86. The molecule has 0 radical (unpaired) electrons. The lowest BCUT2D eigenvalue weighted by Crippen LogP contribution is -2.34. The predicted molar refractivity (Wildman–Crippen MR) is 55.4 cm³/mol. The first-order chi connectivity index (χ1) is 7.65. The maximum atomic E-state index is 11.2. The monoisotopic (exact) mass is 223 g/mol. The second kappa shape index (κ2) is 5.87. The van der Waals surface area contributed by atoms with Gasteiger partial charge in [0.25, 0.3) is 0 Å². The highest BCUT2D eigenvalue weighted by Crippen LogP contribution is 2.02. The van der Waals surface area contributed by atoms with Crippen LogP contribution in [-0.4, -0.2) is 28.8 Å². The number of nitrogens with zero attached hydrogens (tertiary/aromatic N) is 1. The van der Waals surface area contributed by atoms with Crippen LogP contribution in [0.1, 0.15) is 12.5 Å². The number of hydrogen-bond acceptors (Lipinski definition) is 4. The molecule has 0 aliphatic rings. The maximum Gasteiger partial charge on any atom is 0.399 e. The van der Waals surface area contributed by atoms with Crippen LogP contribution in [0.5, 0.6) is 0 Å². The van der Waals surface area contributed by atoms with Crippen molar-refractivity contribution in [3.63, 3.8) is 0 Å². The zero-order valence-corrected chi connectivity index (χ0v) is 8.92. The van der Waals surface area contributed by atoms with Gasteiger partial charge in [-0.15, -0.1) is 0 Å². The largest absolute Gasteiger partial charge is 0.459 e. The Morgan fingerprint density at radius 1 is 1.31 bits per heavy atom. The van der Waals surface area contributed by atoms with Gasteiger partial charge in [0.15, 0.2) is 0 Å². The maximum absolute atomic E-state index is 11.2. The van der Waals surface area contributed by atoms with Gasteiger partial charge in [-0.1, -0.05) is 30.3 Å². The number of hydrogen-bond donors (Lipinski definition) is 1. The van der Waals surface area contributed by atoms with E-state index in [2.05, 4.69) is 4.74 Å². The molecule has 0 fully saturated rings. The van der Waals surface area contributed by atoms with E-state index >= 15 is 0 Å². The Hall–Kier alpha value is -1.88. The molecule has 0 saturated heterocycles. The summed E-state index contributed by atoms with van der Waals surface area (Å²) in [7, 11) is 0. The van der Waals surface area contributed by atoms with Gasteiger partial charge >= 0.3 is 11.9 Å². The Balaban J connectivity index is 2.55. The minimum absolute atomic E-state index is 0.0432. The SMILES string of the molecule is CCOC(=O)C(=O)N(O)Cc1ccccc1. The predicted octanol–water partition coefficient (Wildman–Crippen LogP) is 0.967. The molecule has 5 heteroatoms. The summed E-state index contributed by atoms with van der Waals surface area (Å²) in [6.07, 6.45) is 0. The second-order valence-corrected chi connectivity index (χ2v) is 3.07. The van der Waals surface area contributed by atoms with E-state index < -0.39 is 11.9 Å². The lowest BCUT2D eigenvalue weighted by atomic mass is 10.2. The summed E-state index contributed by atoms with van der Waals surface area (Å²) >= 11 is 0. The molecule has 86 valence electrons. The van der Waals surface area contributed by atoms with Crippen LogP contribution >= 0.6 is 0 Å². The summed E-state index contributed by atoms with van der Waals surface area (Å²) in [5, 5.41) is 9.69. The molecular weight excluding hydrogens is 210 g/mol. The molecule has 1 aromatic rings. The van der Waals surface area contributed by atoms with Crippen LogP contribution in [0.25, 0.3) is 0 Å². The van der Waals surface area contributed by atoms with Crippen molar-refractivity contribution in [2.75, 3.05) is 6.61 Å². The molecule has 0 aliphatic heterocycles. The zero-order chi connectivity index (χ0) is 12.0. The average molecular weight is 223 g/mol. The molecule has 0 saturated carbocycles. The fourth-order valence-corrected chi connectivity index (χ4v) is 1.13. The molecular formula is C11H13NO4. The van der Waals surface area contributed by atoms with Crippen molar-refractivity contribution < 1.29 is 19.5 Å². The number of hydroxylamine groups is 2. The topological polar surface area (TPSA) is 66.8 Å². The van der Waals surface area contributed by atoms with Gasteiger partial charge in [0.1, 0.15) is 0 Å². The van der Waals surface area contributed by atoms with Crippen LogP contribution in [0.3, 0.4) is 0 Å². The molecule has 1 rings (SSSR count). The standard InChI is InChI=1S/C11H13NO4/c1-2-16-11(14)10(13)12(15)8-9-6-4-3-5-7-9/h3-7,15H,2,8H2,1H3. The minimum Gasteiger partial charge on any atom is -0.459 e. The van der Waals surface area contributed by atoms with Crippen molar-refractivity contribution in [3.05, 3.63) is 35.9 Å². The van der Waals surface area contributed by atoms with E-state index in [0.29, 0.717) is 5.06 Å². The van der Waals surface area contributed by atoms with Gasteiger partial charge in [-0.25, -0.2) is 9.86 Å². The van der Waals surface area contributed by atoms with Crippen molar-refractivity contribution in [1.29, 1.82) is 0 Å². The first-order valence-corrected chi connectivity index (χ1v) is 4.86. The smallest absolute Gasteiger partial charge is 0.399 e. The van der Waals surface area contributed by atoms with Crippen LogP contribution in [0.2, 0.25) is 0 Å². The van der Waals surface area contributed by atoms with E-state index in [1.165, 1.54) is 0 Å². The quantitative estimate of drug-likeness (QED) is 0.359. The van der Waals surface area contributed by atoms with Crippen molar-refractivity contribution in [2.24, 2.45) is 0 Å². The second-order valence-electron chi connectivity index (χ2n) is 3.07. The van der Waals surface area contributed by atoms with Crippen molar-refractivity contribution in [3.8, 4) is 0 Å². The highest BCUT2D eigenvalue weighted by molar-refractivity contribution is 6.31. The van der Waals surface area contributed by atoms with E-state index in [-0.39, 0.29) is 13.2 Å². The molecule has 0 heterocycles. The summed E-state index contributed by atoms with van der Waals surface area (Å²) in [6.45, 7) is 1.65. The van der Waals surface area contributed by atoms with E-state index in [4.69, 9.17) is 0 Å². The fourth-order valence-electron chi connectivity index (χ4n) is 1.13. The molecule has 0 atom stereocenters. The van der Waals surface area contributed by atoms with Gasteiger partial charge in [0.05, 0.1) is 13.2 Å². The molecule has 0 bridgehead atoms. The third-order valence-corrected chi connectivity index (χ3v) is 1.86. The molecule has 5 nitrogen and oxygen atoms in total. The van der Waals surface area contributed by atoms with Gasteiger partial charge in [-0.05, 0) is 12.5 Å². The summed E-state index contributed by atoms with van der Waals surface area (Å²) < 4.78 is 4.47. The Labute approximate surface area is 93.2 Å². The van der Waals surface area contributed by atoms with Crippen molar-refractivity contribution in [1.82, 2.24) is 5.06 Å². The summed E-state index contributed by atoms with van der Waals surface area (Å²) in [4.78, 5) is 22.2. The van der Waals surface area contributed by atoms with Gasteiger partial charge < -0.3 is 4.74 Å². The molecule has 0 aromatic heterocycles. The van der Waals surface area contributed by atoms with Gasteiger partial charge in [0, 0.05) is 0 Å². The fraction of sp³-hybridized carbons (Fsp3) is 0.273. The normalized spacial score (nSPS) is 9.62. The van der Waals surface area contributed by atoms with Crippen LogP contribution < -0.4 is 0 Å². The first-order valence-electron chi connectivity index (χ1n) is 4.86. The lowest BCUT2D eigenvalue weighted by Gasteiger charge is -2.13. The van der Waals surface area contributed by atoms with E-state index in [0.717, 1.165) is 5.56 Å². The molecule has 0 aliphatic carbocycles. The summed E-state index contributed by atoms with van der Waals surface area (Å²) in [5.74, 6) is -2.12. The van der Waals surface area contributed by atoms with Gasteiger partial charge in [0.2, 0.25) is 0 Å². The Morgan fingerprint density at radius 3 is 2.50 bits per heavy atom. The Bertz CT molecular complexity index is 364. The van der Waals surface area contributed by atoms with Crippen molar-refractivity contribution in [2.45, 2.75) is 13.5 Å². The number of carbonyl (C=O) groups is 2. The number of benzene rings is 1.